The summed E-state index contributed by atoms with van der Waals surface area (Å²) in [6, 6.07) is 12.2. The minimum atomic E-state index is -1.03. The molecule has 0 saturated heterocycles. The van der Waals surface area contributed by atoms with Crippen molar-refractivity contribution in [3.8, 4) is 16.9 Å². The zero-order chi connectivity index (χ0) is 22.6. The number of nitrogen functional groups attached to an aromatic ring is 1. The Bertz CT molecular complexity index is 1330. The van der Waals surface area contributed by atoms with Crippen molar-refractivity contribution >= 4 is 16.9 Å². The molecule has 3 aromatic heterocycles. The summed E-state index contributed by atoms with van der Waals surface area (Å²) in [5.41, 5.74) is 9.99. The van der Waals surface area contributed by atoms with Crippen molar-refractivity contribution in [2.75, 3.05) is 12.3 Å². The van der Waals surface area contributed by atoms with Crippen molar-refractivity contribution in [2.24, 2.45) is 0 Å². The highest BCUT2D eigenvalue weighted by Crippen LogP contribution is 2.45. The first kappa shape index (κ1) is 20.1. The highest BCUT2D eigenvalue weighted by atomic mass is 16.5. The van der Waals surface area contributed by atoms with Gasteiger partial charge in [-0.15, -0.1) is 0 Å². The molecule has 4 heterocycles. The standard InChI is InChI=1S/C25H25N5O3/c26-23-22-18(12-30(24(22)29-14-28-23)17-10-25(32,11-17)13-31)16-5-4-15-6-7-20(33-21(15)9-16)19-3-1-2-8-27-19/h1-5,8-9,12,14,17,20,31-32H,6-7,10-11,13H2,(H2,26,28,29). The summed E-state index contributed by atoms with van der Waals surface area (Å²) in [4.78, 5) is 13.2. The number of rotatable bonds is 4. The Morgan fingerprint density at radius 1 is 1.15 bits per heavy atom. The number of hydrogen-bond donors (Lipinski definition) is 3. The predicted octanol–water partition coefficient (Wildman–Crippen LogP) is 3.20. The van der Waals surface area contributed by atoms with Crippen LogP contribution in [0.4, 0.5) is 5.82 Å². The van der Waals surface area contributed by atoms with Gasteiger partial charge in [0.15, 0.2) is 0 Å². The molecule has 1 fully saturated rings. The lowest BCUT2D eigenvalue weighted by molar-refractivity contribution is -0.101. The van der Waals surface area contributed by atoms with E-state index in [2.05, 4.69) is 33.2 Å². The Kier molecular flexibility index (Phi) is 4.60. The van der Waals surface area contributed by atoms with E-state index in [1.807, 2.05) is 29.0 Å². The van der Waals surface area contributed by atoms with E-state index < -0.39 is 5.60 Å². The van der Waals surface area contributed by atoms with Gasteiger partial charge >= 0.3 is 0 Å². The number of benzene rings is 1. The average Bonchev–Trinajstić information content (AvgIpc) is 3.22. The number of anilines is 1. The van der Waals surface area contributed by atoms with Gasteiger partial charge in [0.2, 0.25) is 0 Å². The van der Waals surface area contributed by atoms with Crippen molar-refractivity contribution in [3.05, 3.63) is 66.4 Å². The third-order valence-corrected chi connectivity index (χ3v) is 6.90. The molecule has 168 valence electrons. The second-order valence-electron chi connectivity index (χ2n) is 9.07. The SMILES string of the molecule is Nc1ncnc2c1c(-c1ccc3c(c1)OC(c1ccccn1)CC3)cn2C1CC(O)(CO)C1. The first-order valence-corrected chi connectivity index (χ1v) is 11.2. The van der Waals surface area contributed by atoms with E-state index in [0.717, 1.165) is 46.4 Å². The molecule has 0 radical (unpaired) electrons. The maximum Gasteiger partial charge on any atom is 0.146 e. The lowest BCUT2D eigenvalue weighted by Gasteiger charge is -2.43. The van der Waals surface area contributed by atoms with Crippen LogP contribution in [0.5, 0.6) is 5.75 Å². The third kappa shape index (κ3) is 3.34. The fourth-order valence-corrected chi connectivity index (χ4v) is 5.06. The van der Waals surface area contributed by atoms with E-state index in [4.69, 9.17) is 10.5 Å². The number of fused-ring (bicyclic) bond motifs is 2. The molecule has 0 bridgehead atoms. The number of aryl methyl sites for hydroxylation is 1. The van der Waals surface area contributed by atoms with Gasteiger partial charge in [-0.3, -0.25) is 4.98 Å². The number of aliphatic hydroxyl groups excluding tert-OH is 1. The van der Waals surface area contributed by atoms with Crippen molar-refractivity contribution < 1.29 is 14.9 Å². The molecule has 8 heteroatoms. The van der Waals surface area contributed by atoms with E-state index in [9.17, 15) is 10.2 Å². The van der Waals surface area contributed by atoms with E-state index in [1.165, 1.54) is 11.9 Å². The molecule has 1 aromatic carbocycles. The van der Waals surface area contributed by atoms with Gasteiger partial charge in [-0.05, 0) is 55.0 Å². The molecule has 1 unspecified atom stereocenters. The molecule has 8 nitrogen and oxygen atoms in total. The van der Waals surface area contributed by atoms with Gasteiger partial charge in [0.05, 0.1) is 23.3 Å². The largest absolute Gasteiger partial charge is 0.484 e. The first-order chi connectivity index (χ1) is 16.0. The second-order valence-corrected chi connectivity index (χ2v) is 9.07. The molecule has 4 aromatic rings. The zero-order valence-electron chi connectivity index (χ0n) is 18.1. The number of pyridine rings is 1. The maximum atomic E-state index is 10.3. The number of nitrogens with two attached hydrogens (primary N) is 1. The van der Waals surface area contributed by atoms with Gasteiger partial charge in [-0.25, -0.2) is 9.97 Å². The summed E-state index contributed by atoms with van der Waals surface area (Å²) in [6.07, 6.45) is 7.95. The number of nitrogens with zero attached hydrogens (tertiary/aromatic N) is 4. The third-order valence-electron chi connectivity index (χ3n) is 6.90. The van der Waals surface area contributed by atoms with Gasteiger partial charge in [0, 0.05) is 24.0 Å². The first-order valence-electron chi connectivity index (χ1n) is 11.2. The summed E-state index contributed by atoms with van der Waals surface area (Å²) < 4.78 is 8.40. The number of ether oxygens (including phenoxy) is 1. The van der Waals surface area contributed by atoms with Crippen molar-refractivity contribution in [3.63, 3.8) is 0 Å². The normalized spacial score (nSPS) is 24.2. The smallest absolute Gasteiger partial charge is 0.146 e. The quantitative estimate of drug-likeness (QED) is 0.443. The average molecular weight is 444 g/mol. The van der Waals surface area contributed by atoms with Crippen LogP contribution in [-0.4, -0.2) is 41.9 Å². The van der Waals surface area contributed by atoms with Crippen molar-refractivity contribution in [2.45, 2.75) is 43.4 Å². The fraction of sp³-hybridized carbons (Fsp3) is 0.320. The molecule has 2 aliphatic rings. The molecular formula is C25H25N5O3. The fourth-order valence-electron chi connectivity index (χ4n) is 5.06. The molecule has 6 rings (SSSR count). The molecule has 1 saturated carbocycles. The lowest BCUT2D eigenvalue weighted by atomic mass is 9.76. The maximum absolute atomic E-state index is 10.3. The molecule has 1 aliphatic heterocycles. The Morgan fingerprint density at radius 3 is 2.82 bits per heavy atom. The summed E-state index contributed by atoms with van der Waals surface area (Å²) in [6.45, 7) is -0.244. The Hall–Kier alpha value is -3.49. The van der Waals surface area contributed by atoms with Crippen LogP contribution in [0.15, 0.2) is 55.1 Å². The summed E-state index contributed by atoms with van der Waals surface area (Å²) >= 11 is 0. The lowest BCUT2D eigenvalue weighted by Crippen LogP contribution is -2.47. The Balaban J connectivity index is 1.40. The van der Waals surface area contributed by atoms with Crippen LogP contribution in [0, 0.1) is 0 Å². The van der Waals surface area contributed by atoms with E-state index in [0.29, 0.717) is 18.7 Å². The second kappa shape index (κ2) is 7.54. The highest BCUT2D eigenvalue weighted by molar-refractivity contribution is 6.00. The van der Waals surface area contributed by atoms with Gasteiger partial charge in [0.1, 0.15) is 29.6 Å². The van der Waals surface area contributed by atoms with Crippen molar-refractivity contribution in [1.29, 1.82) is 0 Å². The van der Waals surface area contributed by atoms with Crippen LogP contribution in [-0.2, 0) is 6.42 Å². The van der Waals surface area contributed by atoms with Crippen LogP contribution < -0.4 is 10.5 Å². The topological polar surface area (TPSA) is 119 Å². The summed E-state index contributed by atoms with van der Waals surface area (Å²) in [5.74, 6) is 1.26. The summed E-state index contributed by atoms with van der Waals surface area (Å²) in [7, 11) is 0. The van der Waals surface area contributed by atoms with Crippen LogP contribution in [0.1, 0.15) is 42.7 Å². The number of aromatic nitrogens is 4. The Morgan fingerprint density at radius 2 is 2.03 bits per heavy atom. The molecule has 1 aliphatic carbocycles. The zero-order valence-corrected chi connectivity index (χ0v) is 18.1. The van der Waals surface area contributed by atoms with E-state index in [-0.39, 0.29) is 18.8 Å². The minimum absolute atomic E-state index is 0.0371. The van der Waals surface area contributed by atoms with Gasteiger partial charge in [0.25, 0.3) is 0 Å². The monoisotopic (exact) mass is 443 g/mol. The van der Waals surface area contributed by atoms with Crippen LogP contribution in [0.25, 0.3) is 22.2 Å². The van der Waals surface area contributed by atoms with Gasteiger partial charge in [-0.2, -0.15) is 0 Å². The Labute approximate surface area is 190 Å². The van der Waals surface area contributed by atoms with Crippen molar-refractivity contribution in [1.82, 2.24) is 19.5 Å². The van der Waals surface area contributed by atoms with E-state index >= 15 is 0 Å². The minimum Gasteiger partial charge on any atom is -0.484 e. The van der Waals surface area contributed by atoms with Crippen LogP contribution in [0.3, 0.4) is 0 Å². The van der Waals surface area contributed by atoms with Gasteiger partial charge in [-0.1, -0.05) is 18.2 Å². The van der Waals surface area contributed by atoms with Crippen LogP contribution in [0.2, 0.25) is 0 Å². The molecule has 0 spiro atoms. The van der Waals surface area contributed by atoms with Crippen LogP contribution >= 0.6 is 0 Å². The molecule has 4 N–H and O–H groups in total. The van der Waals surface area contributed by atoms with E-state index in [1.54, 1.807) is 6.20 Å². The highest BCUT2D eigenvalue weighted by Gasteiger charge is 2.43. The molecule has 0 amide bonds. The molecule has 1 atom stereocenters. The van der Waals surface area contributed by atoms with Gasteiger partial charge < -0.3 is 25.3 Å². The summed E-state index contributed by atoms with van der Waals surface area (Å²) in [5, 5.41) is 20.5. The number of hydrogen-bond acceptors (Lipinski definition) is 7. The molecular weight excluding hydrogens is 418 g/mol. The predicted molar refractivity (Wildman–Crippen MR) is 124 cm³/mol. The number of aliphatic hydroxyl groups is 2. The molecule has 33 heavy (non-hydrogen) atoms.